The molecule has 1 unspecified atom stereocenters. The Morgan fingerprint density at radius 2 is 1.45 bits per heavy atom. The Bertz CT molecular complexity index is 632. The van der Waals surface area contributed by atoms with E-state index in [0.29, 0.717) is 12.1 Å². The number of benzene rings is 2. The molecule has 0 N–H and O–H groups in total. The molecule has 0 radical (unpaired) electrons. The lowest BCUT2D eigenvalue weighted by molar-refractivity contribution is 0.0986. The minimum atomic E-state index is -1.66. The molecule has 20 heavy (non-hydrogen) atoms. The quantitative estimate of drug-likeness (QED) is 0.355. The van der Waals surface area contributed by atoms with Crippen LogP contribution in [-0.4, -0.2) is 5.78 Å². The van der Waals surface area contributed by atoms with Gasteiger partial charge in [0.15, 0.2) is 23.2 Å². The van der Waals surface area contributed by atoms with Crippen molar-refractivity contribution >= 4 is 17.4 Å². The smallest absolute Gasteiger partial charge is 0.194 e. The first-order chi connectivity index (χ1) is 9.40. The van der Waals surface area contributed by atoms with Crippen molar-refractivity contribution in [1.82, 2.24) is 0 Å². The van der Waals surface area contributed by atoms with Gasteiger partial charge in [-0.25, -0.2) is 17.6 Å². The third-order valence-corrected chi connectivity index (χ3v) is 3.11. The van der Waals surface area contributed by atoms with Crippen molar-refractivity contribution in [3.63, 3.8) is 0 Å². The fraction of sp³-hybridized carbons (Fsp3) is 0.0714. The summed E-state index contributed by atoms with van der Waals surface area (Å²) in [5.74, 6) is -5.93. The molecule has 1 nitrogen and oxygen atoms in total. The minimum absolute atomic E-state index is 0.267. The minimum Gasteiger partial charge on any atom is -0.292 e. The van der Waals surface area contributed by atoms with Gasteiger partial charge in [-0.15, -0.1) is 11.6 Å². The molecule has 104 valence electrons. The lowest BCUT2D eigenvalue weighted by Gasteiger charge is -2.09. The normalized spacial score (nSPS) is 12.2. The van der Waals surface area contributed by atoms with Crippen LogP contribution in [0.5, 0.6) is 0 Å². The molecule has 2 rings (SSSR count). The molecular weight excluding hydrogens is 296 g/mol. The monoisotopic (exact) mass is 302 g/mol. The van der Waals surface area contributed by atoms with Crippen molar-refractivity contribution in [2.24, 2.45) is 0 Å². The Labute approximate surface area is 116 Å². The summed E-state index contributed by atoms with van der Waals surface area (Å²) in [6.07, 6.45) is 0. The molecule has 6 heteroatoms. The molecule has 0 aliphatic heterocycles. The van der Waals surface area contributed by atoms with Crippen molar-refractivity contribution in [3.05, 3.63) is 70.8 Å². The highest BCUT2D eigenvalue weighted by Crippen LogP contribution is 2.26. The number of halogens is 5. The van der Waals surface area contributed by atoms with E-state index < -0.39 is 40.0 Å². The molecule has 0 amide bonds. The second-order valence-corrected chi connectivity index (χ2v) is 4.47. The maximum Gasteiger partial charge on any atom is 0.194 e. The fourth-order valence-corrected chi connectivity index (χ4v) is 1.90. The highest BCUT2D eigenvalue weighted by molar-refractivity contribution is 6.33. The lowest BCUT2D eigenvalue weighted by atomic mass is 10.0. The van der Waals surface area contributed by atoms with Gasteiger partial charge < -0.3 is 0 Å². The lowest BCUT2D eigenvalue weighted by Crippen LogP contribution is -2.09. The summed E-state index contributed by atoms with van der Waals surface area (Å²) in [7, 11) is 0. The molecule has 0 saturated carbocycles. The third-order valence-electron chi connectivity index (χ3n) is 2.66. The number of hydrogen-bond acceptors (Lipinski definition) is 1. The van der Waals surface area contributed by atoms with E-state index in [1.54, 1.807) is 0 Å². The highest BCUT2D eigenvalue weighted by Gasteiger charge is 2.22. The van der Waals surface area contributed by atoms with Crippen LogP contribution in [0.4, 0.5) is 17.6 Å². The summed E-state index contributed by atoms with van der Waals surface area (Å²) in [4.78, 5) is 12.0. The number of carbonyl (C=O) groups is 1. The Kier molecular flexibility index (Phi) is 4.09. The molecule has 0 fully saturated rings. The van der Waals surface area contributed by atoms with Gasteiger partial charge in [0.2, 0.25) is 0 Å². The number of alkyl halides is 1. The van der Waals surface area contributed by atoms with Gasteiger partial charge in [0.05, 0.1) is 0 Å². The van der Waals surface area contributed by atoms with Crippen LogP contribution in [0.25, 0.3) is 0 Å². The molecule has 1 atom stereocenters. The van der Waals surface area contributed by atoms with E-state index >= 15 is 0 Å². The van der Waals surface area contributed by atoms with Crippen molar-refractivity contribution in [2.45, 2.75) is 5.38 Å². The van der Waals surface area contributed by atoms with E-state index in [-0.39, 0.29) is 5.56 Å². The Hall–Kier alpha value is -1.88. The molecule has 2 aromatic carbocycles. The highest BCUT2D eigenvalue weighted by atomic mass is 35.5. The van der Waals surface area contributed by atoms with Gasteiger partial charge in [-0.3, -0.25) is 4.79 Å². The van der Waals surface area contributed by atoms with Gasteiger partial charge >= 0.3 is 0 Å². The number of rotatable bonds is 3. The second kappa shape index (κ2) is 5.63. The topological polar surface area (TPSA) is 17.1 Å². The van der Waals surface area contributed by atoms with E-state index in [1.165, 1.54) is 12.1 Å². The molecule has 0 aliphatic carbocycles. The zero-order valence-corrected chi connectivity index (χ0v) is 10.6. The molecule has 0 saturated heterocycles. The number of carbonyl (C=O) groups excluding carboxylic acids is 1. The van der Waals surface area contributed by atoms with Crippen molar-refractivity contribution in [3.8, 4) is 0 Å². The first-order valence-electron chi connectivity index (χ1n) is 5.48. The molecule has 0 bridgehead atoms. The molecule has 2 aromatic rings. The van der Waals surface area contributed by atoms with Crippen LogP contribution in [0.15, 0.2) is 36.4 Å². The van der Waals surface area contributed by atoms with Crippen LogP contribution >= 0.6 is 11.6 Å². The molecule has 0 aliphatic rings. The average Bonchev–Trinajstić information content (AvgIpc) is 2.43. The van der Waals surface area contributed by atoms with E-state index in [2.05, 4.69) is 0 Å². The zero-order valence-electron chi connectivity index (χ0n) is 9.84. The van der Waals surface area contributed by atoms with Crippen molar-refractivity contribution in [2.75, 3.05) is 0 Å². The van der Waals surface area contributed by atoms with Crippen LogP contribution in [0.1, 0.15) is 21.3 Å². The first-order valence-corrected chi connectivity index (χ1v) is 5.92. The third kappa shape index (κ3) is 2.82. The second-order valence-electron chi connectivity index (χ2n) is 4.03. The van der Waals surface area contributed by atoms with Gasteiger partial charge in [0.25, 0.3) is 0 Å². The van der Waals surface area contributed by atoms with E-state index in [4.69, 9.17) is 11.6 Å². The van der Waals surface area contributed by atoms with E-state index in [9.17, 15) is 22.4 Å². The van der Waals surface area contributed by atoms with Crippen LogP contribution in [0, 0.1) is 23.3 Å². The predicted molar refractivity (Wildman–Crippen MR) is 65.6 cm³/mol. The largest absolute Gasteiger partial charge is 0.292 e. The summed E-state index contributed by atoms with van der Waals surface area (Å²) in [5, 5.41) is -1.25. The fourth-order valence-electron chi connectivity index (χ4n) is 1.63. The number of ketones is 1. The van der Waals surface area contributed by atoms with Crippen molar-refractivity contribution in [1.29, 1.82) is 0 Å². The SMILES string of the molecule is O=C(c1cc(F)c(F)c(F)c1)C(Cl)c1ccc(F)cc1. The standard InChI is InChI=1S/C14H7ClF4O/c15-12(7-1-3-9(16)4-2-7)14(20)8-5-10(17)13(19)11(18)6-8/h1-6,12H. The average molecular weight is 303 g/mol. The van der Waals surface area contributed by atoms with Gasteiger partial charge in [-0.05, 0) is 29.8 Å². The van der Waals surface area contributed by atoms with Gasteiger partial charge in [0, 0.05) is 5.56 Å². The summed E-state index contributed by atoms with van der Waals surface area (Å²) in [6.45, 7) is 0. The van der Waals surface area contributed by atoms with E-state index in [1.807, 2.05) is 0 Å². The molecule has 0 spiro atoms. The Morgan fingerprint density at radius 3 is 1.95 bits per heavy atom. The summed E-state index contributed by atoms with van der Waals surface area (Å²) >= 11 is 5.88. The van der Waals surface area contributed by atoms with Crippen molar-refractivity contribution < 1.29 is 22.4 Å². The van der Waals surface area contributed by atoms with Gasteiger partial charge in [0.1, 0.15) is 11.2 Å². The zero-order chi connectivity index (χ0) is 14.9. The summed E-state index contributed by atoms with van der Waals surface area (Å²) in [5.41, 5.74) is -0.131. The van der Waals surface area contributed by atoms with Crippen LogP contribution in [0.3, 0.4) is 0 Å². The first kappa shape index (κ1) is 14.5. The van der Waals surface area contributed by atoms with Crippen LogP contribution in [0.2, 0.25) is 0 Å². The predicted octanol–water partition coefficient (Wildman–Crippen LogP) is 4.41. The van der Waals surface area contributed by atoms with Crippen LogP contribution < -0.4 is 0 Å². The molecule has 0 aromatic heterocycles. The maximum atomic E-state index is 13.1. The van der Waals surface area contributed by atoms with Gasteiger partial charge in [-0.2, -0.15) is 0 Å². The number of Topliss-reactive ketones (excluding diaryl/α,β-unsaturated/α-hetero) is 1. The Morgan fingerprint density at radius 1 is 0.950 bits per heavy atom. The van der Waals surface area contributed by atoms with Gasteiger partial charge in [-0.1, -0.05) is 12.1 Å². The Balaban J connectivity index is 2.33. The van der Waals surface area contributed by atoms with E-state index in [0.717, 1.165) is 12.1 Å². The number of hydrogen-bond donors (Lipinski definition) is 0. The molecule has 0 heterocycles. The van der Waals surface area contributed by atoms with Crippen LogP contribution in [-0.2, 0) is 0 Å². The summed E-state index contributed by atoms with van der Waals surface area (Å²) in [6, 6.07) is 5.90. The summed E-state index contributed by atoms with van der Waals surface area (Å²) < 4.78 is 51.7. The maximum absolute atomic E-state index is 13.1. The molecular formula is C14H7ClF4O.